The standard InChI is InChI=1S/C20H14N4O4/c1-21-17-16(13-7-3-2-4-8-13)22-20(24-19(17)28)23-18(27)14-9-5-6-12(10-14)11-15(25)26/h2-10H,11H2,(H,25,26)(H2,22,23,24,27,28). The van der Waals surface area contributed by atoms with Crippen LogP contribution in [0.4, 0.5) is 11.6 Å². The molecule has 0 aliphatic heterocycles. The number of H-pyrrole nitrogens is 1. The Bertz CT molecular complexity index is 1150. The lowest BCUT2D eigenvalue weighted by atomic mass is 10.1. The van der Waals surface area contributed by atoms with Gasteiger partial charge in [0.15, 0.2) is 0 Å². The topological polar surface area (TPSA) is 117 Å². The fraction of sp³-hybridized carbons (Fsp3) is 0.0500. The predicted octanol–water partition coefficient (Wildman–Crippen LogP) is 2.87. The smallest absolute Gasteiger partial charge is 0.307 e. The van der Waals surface area contributed by atoms with E-state index >= 15 is 0 Å². The van der Waals surface area contributed by atoms with Crippen molar-refractivity contribution in [2.75, 3.05) is 5.32 Å². The number of nitrogens with zero attached hydrogens (tertiary/aromatic N) is 2. The Morgan fingerprint density at radius 1 is 1.14 bits per heavy atom. The van der Waals surface area contributed by atoms with Crippen molar-refractivity contribution in [1.29, 1.82) is 0 Å². The van der Waals surface area contributed by atoms with Crippen molar-refractivity contribution >= 4 is 23.5 Å². The van der Waals surface area contributed by atoms with Crippen molar-refractivity contribution in [3.05, 3.63) is 87.5 Å². The SMILES string of the molecule is [C-]#[N+]c1c(-c2ccccc2)nc(NC(=O)c2cccc(CC(=O)O)c2)[nH]c1=O. The van der Waals surface area contributed by atoms with Gasteiger partial charge in [-0.1, -0.05) is 42.5 Å². The first-order chi connectivity index (χ1) is 13.5. The monoisotopic (exact) mass is 374 g/mol. The molecule has 0 unspecified atom stereocenters. The van der Waals surface area contributed by atoms with Crippen LogP contribution < -0.4 is 10.9 Å². The van der Waals surface area contributed by atoms with Crippen LogP contribution in [0.5, 0.6) is 0 Å². The molecule has 1 heterocycles. The summed E-state index contributed by atoms with van der Waals surface area (Å²) in [5.74, 6) is -1.68. The molecule has 138 valence electrons. The highest BCUT2D eigenvalue weighted by Gasteiger charge is 2.16. The number of nitrogens with one attached hydrogen (secondary N) is 2. The average molecular weight is 374 g/mol. The zero-order chi connectivity index (χ0) is 20.1. The van der Waals surface area contributed by atoms with Gasteiger partial charge in [0.05, 0.1) is 18.7 Å². The summed E-state index contributed by atoms with van der Waals surface area (Å²) >= 11 is 0. The molecule has 0 fully saturated rings. The summed E-state index contributed by atoms with van der Waals surface area (Å²) < 4.78 is 0. The number of anilines is 1. The van der Waals surface area contributed by atoms with Crippen molar-refractivity contribution < 1.29 is 14.7 Å². The molecule has 3 rings (SSSR count). The van der Waals surface area contributed by atoms with Gasteiger partial charge in [0.25, 0.3) is 17.2 Å². The van der Waals surface area contributed by atoms with Gasteiger partial charge in [-0.25, -0.2) is 9.83 Å². The van der Waals surface area contributed by atoms with Crippen LogP contribution in [0.15, 0.2) is 59.4 Å². The number of carbonyl (C=O) groups is 2. The third-order valence-corrected chi connectivity index (χ3v) is 3.83. The molecule has 0 radical (unpaired) electrons. The van der Waals surface area contributed by atoms with Crippen molar-refractivity contribution in [1.82, 2.24) is 9.97 Å². The molecule has 0 bridgehead atoms. The predicted molar refractivity (Wildman–Crippen MR) is 102 cm³/mol. The van der Waals surface area contributed by atoms with Gasteiger partial charge in [0.2, 0.25) is 5.95 Å². The number of benzene rings is 2. The molecule has 0 spiro atoms. The van der Waals surface area contributed by atoms with Crippen molar-refractivity contribution in [3.63, 3.8) is 0 Å². The van der Waals surface area contributed by atoms with Crippen LogP contribution >= 0.6 is 0 Å². The molecular weight excluding hydrogens is 360 g/mol. The Kier molecular flexibility index (Phi) is 5.28. The van der Waals surface area contributed by atoms with Crippen molar-refractivity contribution in [2.24, 2.45) is 0 Å². The fourth-order valence-corrected chi connectivity index (χ4v) is 2.60. The summed E-state index contributed by atoms with van der Waals surface area (Å²) in [5.41, 5.74) is 0.575. The number of amides is 1. The Labute approximate surface area is 159 Å². The summed E-state index contributed by atoms with van der Waals surface area (Å²) in [7, 11) is 0. The zero-order valence-electron chi connectivity index (χ0n) is 14.5. The van der Waals surface area contributed by atoms with E-state index in [0.29, 0.717) is 11.1 Å². The molecule has 3 aromatic rings. The van der Waals surface area contributed by atoms with Crippen LogP contribution in [-0.2, 0) is 11.2 Å². The first-order valence-corrected chi connectivity index (χ1v) is 8.17. The van der Waals surface area contributed by atoms with E-state index in [9.17, 15) is 14.4 Å². The highest BCUT2D eigenvalue weighted by atomic mass is 16.4. The highest BCUT2D eigenvalue weighted by molar-refractivity contribution is 6.03. The van der Waals surface area contributed by atoms with Crippen LogP contribution in [0.1, 0.15) is 15.9 Å². The number of aromatic amines is 1. The molecular formula is C20H14N4O4. The van der Waals surface area contributed by atoms with Crippen LogP contribution in [0.25, 0.3) is 16.1 Å². The second-order valence-corrected chi connectivity index (χ2v) is 5.81. The molecule has 0 saturated heterocycles. The van der Waals surface area contributed by atoms with Gasteiger partial charge >= 0.3 is 5.97 Å². The minimum absolute atomic E-state index is 0.107. The van der Waals surface area contributed by atoms with Gasteiger partial charge in [-0.05, 0) is 23.3 Å². The van der Waals surface area contributed by atoms with Crippen LogP contribution in [0.2, 0.25) is 0 Å². The summed E-state index contributed by atoms with van der Waals surface area (Å²) in [5, 5.41) is 11.4. The maximum Gasteiger partial charge on any atom is 0.307 e. The van der Waals surface area contributed by atoms with Crippen molar-refractivity contribution in [3.8, 4) is 11.3 Å². The quantitative estimate of drug-likeness (QED) is 0.594. The van der Waals surface area contributed by atoms with Gasteiger partial charge in [-0.2, -0.15) is 0 Å². The van der Waals surface area contributed by atoms with Gasteiger partial charge in [-0.15, -0.1) is 0 Å². The van der Waals surface area contributed by atoms with E-state index in [1.165, 1.54) is 12.1 Å². The fourth-order valence-electron chi connectivity index (χ4n) is 2.60. The van der Waals surface area contributed by atoms with E-state index < -0.39 is 17.4 Å². The molecule has 28 heavy (non-hydrogen) atoms. The molecule has 8 nitrogen and oxygen atoms in total. The molecule has 8 heteroatoms. The minimum atomic E-state index is -1.01. The number of carboxylic acid groups (broad SMARTS) is 1. The van der Waals surface area contributed by atoms with Crippen LogP contribution in [-0.4, -0.2) is 27.0 Å². The van der Waals surface area contributed by atoms with Gasteiger partial charge in [0, 0.05) is 5.56 Å². The maximum atomic E-state index is 12.5. The van der Waals surface area contributed by atoms with E-state index in [4.69, 9.17) is 11.7 Å². The molecule has 1 amide bonds. The van der Waals surface area contributed by atoms with E-state index in [1.54, 1.807) is 42.5 Å². The Morgan fingerprint density at radius 3 is 2.57 bits per heavy atom. The molecule has 2 aromatic carbocycles. The third kappa shape index (κ3) is 4.11. The Morgan fingerprint density at radius 2 is 1.89 bits per heavy atom. The maximum absolute atomic E-state index is 12.5. The second kappa shape index (κ2) is 7.97. The minimum Gasteiger partial charge on any atom is -0.481 e. The largest absolute Gasteiger partial charge is 0.481 e. The lowest BCUT2D eigenvalue weighted by Gasteiger charge is -2.09. The number of carbonyl (C=O) groups excluding carboxylic acids is 1. The number of carboxylic acids is 1. The molecule has 3 N–H and O–H groups in total. The molecule has 0 atom stereocenters. The first kappa shape index (κ1) is 18.5. The number of aromatic nitrogens is 2. The van der Waals surface area contributed by atoms with Gasteiger partial charge in [-0.3, -0.25) is 19.7 Å². The van der Waals surface area contributed by atoms with Crippen molar-refractivity contribution in [2.45, 2.75) is 6.42 Å². The normalized spacial score (nSPS) is 10.1. The summed E-state index contributed by atoms with van der Waals surface area (Å²) in [6, 6.07) is 14.8. The van der Waals surface area contributed by atoms with E-state index in [-0.39, 0.29) is 29.3 Å². The lowest BCUT2D eigenvalue weighted by molar-refractivity contribution is -0.136. The second-order valence-electron chi connectivity index (χ2n) is 5.81. The molecule has 0 saturated carbocycles. The molecule has 0 aliphatic rings. The summed E-state index contributed by atoms with van der Waals surface area (Å²) in [4.78, 5) is 45.4. The van der Waals surface area contributed by atoms with E-state index in [0.717, 1.165) is 0 Å². The first-order valence-electron chi connectivity index (χ1n) is 8.17. The van der Waals surface area contributed by atoms with Gasteiger partial charge in [0.1, 0.15) is 0 Å². The third-order valence-electron chi connectivity index (χ3n) is 3.83. The average Bonchev–Trinajstić information content (AvgIpc) is 2.68. The number of hydrogen-bond acceptors (Lipinski definition) is 4. The Balaban J connectivity index is 1.94. The zero-order valence-corrected chi connectivity index (χ0v) is 14.5. The van der Waals surface area contributed by atoms with E-state index in [1.807, 2.05) is 0 Å². The molecule has 0 aliphatic carbocycles. The highest BCUT2D eigenvalue weighted by Crippen LogP contribution is 2.25. The Hall–Kier alpha value is -4.25. The van der Waals surface area contributed by atoms with Crippen LogP contribution in [0.3, 0.4) is 0 Å². The summed E-state index contributed by atoms with van der Waals surface area (Å²) in [6.45, 7) is 7.23. The van der Waals surface area contributed by atoms with Crippen LogP contribution in [0, 0.1) is 6.57 Å². The lowest BCUT2D eigenvalue weighted by Crippen LogP contribution is -2.19. The molecule has 1 aromatic heterocycles. The van der Waals surface area contributed by atoms with E-state index in [2.05, 4.69) is 20.1 Å². The number of hydrogen-bond donors (Lipinski definition) is 3. The number of rotatable bonds is 5. The summed E-state index contributed by atoms with van der Waals surface area (Å²) in [6.07, 6.45) is -0.214. The number of aliphatic carboxylic acids is 1. The van der Waals surface area contributed by atoms with Gasteiger partial charge < -0.3 is 10.1 Å².